The van der Waals surface area contributed by atoms with Crippen LogP contribution in [0.25, 0.3) is 0 Å². The van der Waals surface area contributed by atoms with Crippen molar-refractivity contribution >= 4 is 11.1 Å². The number of nitrogens with zero attached hydrogens (tertiary/aromatic N) is 2. The van der Waals surface area contributed by atoms with Crippen molar-refractivity contribution in [3.63, 3.8) is 0 Å². The van der Waals surface area contributed by atoms with E-state index < -0.39 is 17.6 Å². The van der Waals surface area contributed by atoms with E-state index in [-0.39, 0.29) is 4.90 Å². The highest BCUT2D eigenvalue weighted by Gasteiger charge is 2.09. The summed E-state index contributed by atoms with van der Waals surface area (Å²) >= 11 is -2.24. The predicted molar refractivity (Wildman–Crippen MR) is 32.5 cm³/mol. The van der Waals surface area contributed by atoms with Crippen LogP contribution >= 0.6 is 0 Å². The van der Waals surface area contributed by atoms with E-state index in [1.165, 1.54) is 0 Å². The topological polar surface area (TPSA) is 55.1 Å². The molecule has 0 aliphatic rings. The lowest BCUT2D eigenvalue weighted by molar-refractivity contribution is 0.0564. The van der Waals surface area contributed by atoms with Crippen LogP contribution in [0.4, 0.5) is 8.78 Å². The molecule has 0 aromatic carbocycles. The summed E-state index contributed by atoms with van der Waals surface area (Å²) in [6.07, 6.45) is 1.74. The molecule has 0 aliphatic carbocycles. The van der Waals surface area contributed by atoms with Crippen molar-refractivity contribution in [3.05, 3.63) is 12.4 Å². The van der Waals surface area contributed by atoms with Crippen molar-refractivity contribution in [1.82, 2.24) is 9.78 Å². The highest BCUT2D eigenvalue weighted by molar-refractivity contribution is 7.79. The van der Waals surface area contributed by atoms with Gasteiger partial charge in [0.2, 0.25) is 0 Å². The average molecular weight is 182 g/mol. The van der Waals surface area contributed by atoms with E-state index in [4.69, 9.17) is 4.55 Å². The summed E-state index contributed by atoms with van der Waals surface area (Å²) in [5.41, 5.74) is 0. The van der Waals surface area contributed by atoms with Crippen molar-refractivity contribution in [1.29, 1.82) is 0 Å². The fourth-order valence-electron chi connectivity index (χ4n) is 0.518. The van der Waals surface area contributed by atoms with E-state index in [1.807, 2.05) is 0 Å². The molecule has 0 aliphatic heterocycles. The molecular formula is C4H4F2N2O2S. The molecule has 0 fully saturated rings. The van der Waals surface area contributed by atoms with E-state index in [9.17, 15) is 13.0 Å². The highest BCUT2D eigenvalue weighted by Crippen LogP contribution is 2.10. The molecule has 0 radical (unpaired) electrons. The molecule has 0 amide bonds. The van der Waals surface area contributed by atoms with Crippen LogP contribution in [-0.2, 0) is 11.1 Å². The van der Waals surface area contributed by atoms with Crippen LogP contribution < -0.4 is 0 Å². The third-order valence-electron chi connectivity index (χ3n) is 0.979. The normalized spacial score (nSPS) is 13.8. The smallest absolute Gasteiger partial charge is 0.302 e. The maximum absolute atomic E-state index is 11.8. The number of halogens is 2. The molecule has 1 heterocycles. The van der Waals surface area contributed by atoms with Gasteiger partial charge in [-0.3, -0.25) is 0 Å². The second-order valence-electron chi connectivity index (χ2n) is 1.68. The van der Waals surface area contributed by atoms with Crippen molar-refractivity contribution in [3.8, 4) is 0 Å². The zero-order valence-corrected chi connectivity index (χ0v) is 5.96. The molecule has 0 spiro atoms. The fourth-order valence-corrected chi connectivity index (χ4v) is 0.853. The molecule has 1 aromatic rings. The Labute approximate surface area is 63.1 Å². The fraction of sp³-hybridized carbons (Fsp3) is 0.250. The van der Waals surface area contributed by atoms with Crippen LogP contribution in [0.1, 0.15) is 6.55 Å². The van der Waals surface area contributed by atoms with Gasteiger partial charge < -0.3 is 4.55 Å². The SMILES string of the molecule is O=S(O)c1cnn(C(F)F)c1. The van der Waals surface area contributed by atoms with Gasteiger partial charge >= 0.3 is 6.55 Å². The zero-order chi connectivity index (χ0) is 8.43. The summed E-state index contributed by atoms with van der Waals surface area (Å²) in [5.74, 6) is 0. The van der Waals surface area contributed by atoms with Gasteiger partial charge in [0.1, 0.15) is 4.90 Å². The first-order valence-electron chi connectivity index (χ1n) is 2.54. The molecule has 1 unspecified atom stereocenters. The van der Waals surface area contributed by atoms with Crippen LogP contribution in [-0.4, -0.2) is 18.5 Å². The third kappa shape index (κ3) is 1.81. The van der Waals surface area contributed by atoms with E-state index in [2.05, 4.69) is 5.10 Å². The average Bonchev–Trinajstić information content (AvgIpc) is 2.33. The summed E-state index contributed by atoms with van der Waals surface area (Å²) in [6, 6.07) is 0. The Balaban J connectivity index is 2.90. The molecule has 4 nitrogen and oxygen atoms in total. The predicted octanol–water partition coefficient (Wildman–Crippen LogP) is 0.859. The number of hydrogen-bond donors (Lipinski definition) is 1. The Hall–Kier alpha value is -0.820. The minimum atomic E-state index is -2.77. The van der Waals surface area contributed by atoms with Crippen LogP contribution in [0.2, 0.25) is 0 Å². The quantitative estimate of drug-likeness (QED) is 0.690. The molecule has 62 valence electrons. The van der Waals surface area contributed by atoms with Gasteiger partial charge in [0, 0.05) is 6.20 Å². The first-order chi connectivity index (χ1) is 5.11. The van der Waals surface area contributed by atoms with Gasteiger partial charge in [-0.1, -0.05) is 0 Å². The van der Waals surface area contributed by atoms with Crippen LogP contribution in [0.15, 0.2) is 17.3 Å². The molecule has 1 N–H and O–H groups in total. The van der Waals surface area contributed by atoms with Crippen LogP contribution in [0, 0.1) is 0 Å². The Morgan fingerprint density at radius 2 is 2.36 bits per heavy atom. The number of aromatic nitrogens is 2. The lowest BCUT2D eigenvalue weighted by Gasteiger charge is -1.94. The summed E-state index contributed by atoms with van der Waals surface area (Å²) in [4.78, 5) is -0.134. The van der Waals surface area contributed by atoms with Gasteiger partial charge in [0.05, 0.1) is 6.20 Å². The Bertz CT molecular complexity index is 275. The minimum absolute atomic E-state index is 0.134. The van der Waals surface area contributed by atoms with E-state index in [0.717, 1.165) is 12.4 Å². The third-order valence-corrected chi connectivity index (χ3v) is 1.59. The van der Waals surface area contributed by atoms with Crippen molar-refractivity contribution < 1.29 is 17.5 Å². The molecule has 1 aromatic heterocycles. The zero-order valence-electron chi connectivity index (χ0n) is 5.15. The van der Waals surface area contributed by atoms with Gasteiger partial charge in [-0.05, 0) is 0 Å². The number of rotatable bonds is 2. The lowest BCUT2D eigenvalue weighted by Crippen LogP contribution is -1.97. The lowest BCUT2D eigenvalue weighted by atomic mass is 10.7. The minimum Gasteiger partial charge on any atom is -0.302 e. The van der Waals surface area contributed by atoms with Gasteiger partial charge in [-0.25, -0.2) is 8.89 Å². The standard InChI is InChI=1S/C4H4F2N2O2S/c5-4(6)8-2-3(1-7-8)11(9)10/h1-2,4H,(H,9,10). The molecule has 7 heteroatoms. The van der Waals surface area contributed by atoms with Gasteiger partial charge in [0.15, 0.2) is 11.1 Å². The van der Waals surface area contributed by atoms with Crippen molar-refractivity contribution in [2.45, 2.75) is 11.4 Å². The Kier molecular flexibility index (Phi) is 2.30. The van der Waals surface area contributed by atoms with Crippen LogP contribution in [0.3, 0.4) is 0 Å². The first-order valence-corrected chi connectivity index (χ1v) is 3.65. The van der Waals surface area contributed by atoms with E-state index in [1.54, 1.807) is 0 Å². The molecule has 11 heavy (non-hydrogen) atoms. The molecule has 0 saturated heterocycles. The molecule has 0 saturated carbocycles. The summed E-state index contributed by atoms with van der Waals surface area (Å²) in [5, 5.41) is 3.15. The van der Waals surface area contributed by atoms with Crippen LogP contribution in [0.5, 0.6) is 0 Å². The molecule has 1 rings (SSSR count). The van der Waals surface area contributed by atoms with Gasteiger partial charge in [0.25, 0.3) is 0 Å². The van der Waals surface area contributed by atoms with E-state index >= 15 is 0 Å². The summed E-state index contributed by atoms with van der Waals surface area (Å²) < 4.78 is 42.5. The number of hydrogen-bond acceptors (Lipinski definition) is 2. The van der Waals surface area contributed by atoms with Gasteiger partial charge in [-0.15, -0.1) is 0 Å². The maximum atomic E-state index is 11.8. The van der Waals surface area contributed by atoms with Crippen molar-refractivity contribution in [2.75, 3.05) is 0 Å². The molecular weight excluding hydrogens is 178 g/mol. The van der Waals surface area contributed by atoms with E-state index in [0.29, 0.717) is 4.68 Å². The maximum Gasteiger partial charge on any atom is 0.333 e. The second-order valence-corrected chi connectivity index (χ2v) is 2.65. The molecule has 0 bridgehead atoms. The Morgan fingerprint density at radius 3 is 2.64 bits per heavy atom. The van der Waals surface area contributed by atoms with Crippen molar-refractivity contribution in [2.24, 2.45) is 0 Å². The number of alkyl halides is 2. The second kappa shape index (κ2) is 3.05. The van der Waals surface area contributed by atoms with Gasteiger partial charge in [-0.2, -0.15) is 13.9 Å². The first kappa shape index (κ1) is 8.28. The largest absolute Gasteiger partial charge is 0.333 e. The molecule has 1 atom stereocenters. The Morgan fingerprint density at radius 1 is 1.73 bits per heavy atom. The summed E-state index contributed by atoms with van der Waals surface area (Å²) in [6.45, 7) is -2.77. The summed E-state index contributed by atoms with van der Waals surface area (Å²) in [7, 11) is 0. The monoisotopic (exact) mass is 182 g/mol. The highest BCUT2D eigenvalue weighted by atomic mass is 32.2.